The molecule has 1 heterocycles. The average Bonchev–Trinajstić information content (AvgIpc) is 2.50. The van der Waals surface area contributed by atoms with Gasteiger partial charge in [-0.05, 0) is 19.7 Å². The van der Waals surface area contributed by atoms with Crippen molar-refractivity contribution in [1.29, 1.82) is 0 Å². The zero-order chi connectivity index (χ0) is 17.7. The van der Waals surface area contributed by atoms with E-state index in [1.54, 1.807) is 0 Å². The van der Waals surface area contributed by atoms with Gasteiger partial charge in [-0.1, -0.05) is 11.8 Å². The Morgan fingerprint density at radius 2 is 1.74 bits per heavy atom. The van der Waals surface area contributed by atoms with Crippen molar-refractivity contribution in [3.05, 3.63) is 0 Å². The molecule has 10 heteroatoms. The smallest absolute Gasteiger partial charge is 0.131 e. The largest absolute Gasteiger partial charge is 0.394 e. The highest BCUT2D eigenvalue weighted by molar-refractivity contribution is 8.00. The van der Waals surface area contributed by atoms with Crippen LogP contribution in [-0.2, 0) is 9.47 Å². The Balaban J connectivity index is 2.78. The number of aliphatic hydroxyl groups is 6. The maximum Gasteiger partial charge on any atom is 0.131 e. The third-order valence-corrected chi connectivity index (χ3v) is 5.06. The molecule has 134 valence electrons. The van der Waals surface area contributed by atoms with Crippen molar-refractivity contribution in [3.63, 3.8) is 0 Å². The number of aliphatic hydroxyl groups excluding tert-OH is 6. The summed E-state index contributed by atoms with van der Waals surface area (Å²) in [5.41, 5.74) is -1.89. The lowest BCUT2D eigenvalue weighted by molar-refractivity contribution is -0.150. The Hall–Kier alpha value is 0.0949. The fourth-order valence-electron chi connectivity index (χ4n) is 2.10. The Labute approximate surface area is 140 Å². The van der Waals surface area contributed by atoms with Gasteiger partial charge in [0.2, 0.25) is 0 Å². The van der Waals surface area contributed by atoms with E-state index in [1.807, 2.05) is 0 Å². The molecule has 6 N–H and O–H groups in total. The molecule has 9 atom stereocenters. The molecule has 1 saturated heterocycles. The molecule has 0 aliphatic carbocycles. The van der Waals surface area contributed by atoms with Gasteiger partial charge in [0.1, 0.15) is 23.1 Å². The van der Waals surface area contributed by atoms with Crippen LogP contribution in [0, 0.1) is 0 Å². The summed E-state index contributed by atoms with van der Waals surface area (Å²) in [5.74, 6) is -1.03. The molecular weight excluding hydrogens is 327 g/mol. The zero-order valence-corrected chi connectivity index (χ0v) is 13.9. The second-order valence-electron chi connectivity index (χ2n) is 5.63. The van der Waals surface area contributed by atoms with Crippen LogP contribution in [0.25, 0.3) is 0 Å². The molecule has 2 radical (unpaired) electrons. The van der Waals surface area contributed by atoms with Crippen LogP contribution >= 0.6 is 11.8 Å². The summed E-state index contributed by atoms with van der Waals surface area (Å²) in [6, 6.07) is 0. The molecule has 1 rings (SSSR count). The van der Waals surface area contributed by atoms with Gasteiger partial charge in [-0.15, -0.1) is 0 Å². The number of rotatable bonds is 8. The molecule has 1 aliphatic heterocycles. The van der Waals surface area contributed by atoms with Crippen LogP contribution in [0.5, 0.6) is 0 Å². The third kappa shape index (κ3) is 5.55. The first kappa shape index (κ1) is 21.1. The van der Waals surface area contributed by atoms with E-state index in [1.165, 1.54) is 13.8 Å². The maximum atomic E-state index is 10.1. The lowest BCUT2D eigenvalue weighted by Gasteiger charge is -2.42. The van der Waals surface area contributed by atoms with Gasteiger partial charge in [-0.3, -0.25) is 0 Å². The van der Waals surface area contributed by atoms with E-state index in [-0.39, 0.29) is 0 Å². The molecule has 8 nitrogen and oxygen atoms in total. The van der Waals surface area contributed by atoms with Gasteiger partial charge in [0.15, 0.2) is 0 Å². The number of thioether (sulfide) groups is 1. The molecule has 23 heavy (non-hydrogen) atoms. The van der Waals surface area contributed by atoms with E-state index >= 15 is 0 Å². The van der Waals surface area contributed by atoms with Gasteiger partial charge in [0.25, 0.3) is 0 Å². The first-order valence-electron chi connectivity index (χ1n) is 7.38. The monoisotopic (exact) mass is 352 g/mol. The number of hydrogen-bond acceptors (Lipinski definition) is 9. The Bertz CT molecular complexity index is 346. The minimum Gasteiger partial charge on any atom is -0.394 e. The summed E-state index contributed by atoms with van der Waals surface area (Å²) in [4.78, 5) is 0. The van der Waals surface area contributed by atoms with Gasteiger partial charge in [-0.25, -0.2) is 0 Å². The quantitative estimate of drug-likeness (QED) is 0.208. The van der Waals surface area contributed by atoms with Crippen molar-refractivity contribution in [3.8, 4) is 0 Å². The summed E-state index contributed by atoms with van der Waals surface area (Å²) in [5, 5.41) is 57.6. The van der Waals surface area contributed by atoms with Gasteiger partial charge in [0, 0.05) is 0 Å². The van der Waals surface area contributed by atoms with Crippen LogP contribution in [-0.4, -0.2) is 99.2 Å². The van der Waals surface area contributed by atoms with Crippen molar-refractivity contribution in [2.45, 2.75) is 67.2 Å². The van der Waals surface area contributed by atoms with Crippen molar-refractivity contribution >= 4 is 19.6 Å². The minimum atomic E-state index is -1.25. The van der Waals surface area contributed by atoms with E-state index in [9.17, 15) is 30.6 Å². The lowest BCUT2D eigenvalue weighted by Crippen LogP contribution is -2.52. The summed E-state index contributed by atoms with van der Waals surface area (Å²) >= 11 is 0.899. The predicted octanol–water partition coefficient (Wildman–Crippen LogP) is -2.42. The normalized spacial score (nSPS) is 37.1. The van der Waals surface area contributed by atoms with Crippen LogP contribution < -0.4 is 0 Å². The molecule has 0 aromatic carbocycles. The van der Waals surface area contributed by atoms with E-state index in [2.05, 4.69) is 0 Å². The van der Waals surface area contributed by atoms with E-state index in [0.717, 1.165) is 11.8 Å². The first-order valence-corrected chi connectivity index (χ1v) is 8.33. The SMILES string of the molecule is [B]C1C(O)[C@@H](CO)O[C@@H](SC(OC(CO)[C@@H](C)O)[C@H](C)O)C1O. The van der Waals surface area contributed by atoms with Crippen LogP contribution in [0.15, 0.2) is 0 Å². The molecule has 0 aromatic rings. The van der Waals surface area contributed by atoms with Crippen molar-refractivity contribution in [2.75, 3.05) is 13.2 Å². The van der Waals surface area contributed by atoms with Crippen LogP contribution in [0.1, 0.15) is 13.8 Å². The van der Waals surface area contributed by atoms with Gasteiger partial charge in [-0.2, -0.15) is 0 Å². The topological polar surface area (TPSA) is 140 Å². The summed E-state index contributed by atoms with van der Waals surface area (Å²) in [6.07, 6.45) is -6.32. The Morgan fingerprint density at radius 3 is 2.17 bits per heavy atom. The third-order valence-electron chi connectivity index (χ3n) is 3.63. The highest BCUT2D eigenvalue weighted by Crippen LogP contribution is 2.37. The summed E-state index contributed by atoms with van der Waals surface area (Å²) in [7, 11) is 5.72. The second-order valence-corrected chi connectivity index (χ2v) is 6.83. The molecule has 0 spiro atoms. The fraction of sp³-hybridized carbons (Fsp3) is 1.00. The summed E-state index contributed by atoms with van der Waals surface area (Å²) < 4.78 is 10.9. The lowest BCUT2D eigenvalue weighted by atomic mass is 9.75. The molecule has 0 bridgehead atoms. The highest BCUT2D eigenvalue weighted by atomic mass is 32.2. The molecule has 0 saturated carbocycles. The molecule has 5 unspecified atom stereocenters. The van der Waals surface area contributed by atoms with Crippen LogP contribution in [0.4, 0.5) is 0 Å². The average molecular weight is 352 g/mol. The molecule has 1 fully saturated rings. The van der Waals surface area contributed by atoms with E-state index in [4.69, 9.17) is 17.3 Å². The predicted molar refractivity (Wildman–Crippen MR) is 84.0 cm³/mol. The van der Waals surface area contributed by atoms with E-state index in [0.29, 0.717) is 0 Å². The van der Waals surface area contributed by atoms with Crippen molar-refractivity contribution in [1.82, 2.24) is 0 Å². The zero-order valence-electron chi connectivity index (χ0n) is 13.1. The van der Waals surface area contributed by atoms with Gasteiger partial charge in [0.05, 0.1) is 45.5 Å². The van der Waals surface area contributed by atoms with Crippen LogP contribution in [0.2, 0.25) is 5.82 Å². The van der Waals surface area contributed by atoms with Crippen LogP contribution in [0.3, 0.4) is 0 Å². The highest BCUT2D eigenvalue weighted by Gasteiger charge is 2.43. The number of hydrogen-bond donors (Lipinski definition) is 6. The second kappa shape index (κ2) is 9.55. The molecule has 1 aliphatic rings. The number of ether oxygens (including phenoxy) is 2. The first-order chi connectivity index (χ1) is 10.7. The molecular formula is C13H25BO8S. The molecule has 0 aromatic heterocycles. The van der Waals surface area contributed by atoms with Crippen molar-refractivity contribution < 1.29 is 40.1 Å². The maximum absolute atomic E-state index is 10.1. The Morgan fingerprint density at radius 1 is 1.13 bits per heavy atom. The fourth-order valence-corrected chi connectivity index (χ4v) is 3.35. The van der Waals surface area contributed by atoms with Gasteiger partial charge >= 0.3 is 0 Å². The standard InChI is InChI=1S/C13H25BO8S/c1-5(17)7(3-15)21-12(6(2)18)23-13-11(20)9(14)10(19)8(4-16)22-13/h5-13,15-20H,3-4H2,1-2H3/t5-,6+,7?,8-,9?,10?,11?,12?,13+/m1/s1. The molecule has 0 amide bonds. The summed E-state index contributed by atoms with van der Waals surface area (Å²) in [6.45, 7) is 1.95. The Kier molecular flexibility index (Phi) is 8.77. The van der Waals surface area contributed by atoms with E-state index < -0.39 is 66.5 Å². The minimum absolute atomic E-state index is 0.451. The van der Waals surface area contributed by atoms with Crippen molar-refractivity contribution in [2.24, 2.45) is 0 Å². The van der Waals surface area contributed by atoms with Gasteiger partial charge < -0.3 is 40.1 Å².